The topological polar surface area (TPSA) is 29.9 Å². The molecule has 14 heavy (non-hydrogen) atoms. The van der Waals surface area contributed by atoms with Crippen molar-refractivity contribution in [1.82, 2.24) is 9.78 Å². The van der Waals surface area contributed by atoms with Crippen molar-refractivity contribution >= 4 is 18.2 Å². The molecule has 1 heterocycles. The lowest BCUT2D eigenvalue weighted by molar-refractivity contribution is 0.652. The number of hydrogen-bond donors (Lipinski definition) is 1. The van der Waals surface area contributed by atoms with Crippen LogP contribution >= 0.6 is 12.4 Å². The number of nitrogens with zero attached hydrogens (tertiary/aromatic N) is 2. The van der Waals surface area contributed by atoms with Gasteiger partial charge in [-0.25, -0.2) is 0 Å². The zero-order valence-electron chi connectivity index (χ0n) is 9.37. The van der Waals surface area contributed by atoms with Crippen LogP contribution in [0.3, 0.4) is 0 Å². The van der Waals surface area contributed by atoms with Crippen LogP contribution in [0.4, 0.5) is 5.82 Å². The van der Waals surface area contributed by atoms with E-state index in [9.17, 15) is 0 Å². The quantitative estimate of drug-likeness (QED) is 0.841. The average molecular weight is 218 g/mol. The highest BCUT2D eigenvalue weighted by Gasteiger charge is 2.03. The second kappa shape index (κ2) is 5.91. The zero-order valence-corrected chi connectivity index (χ0v) is 10.2. The summed E-state index contributed by atoms with van der Waals surface area (Å²) in [6.45, 7) is 10.5. The first kappa shape index (κ1) is 13.3. The fourth-order valence-electron chi connectivity index (χ4n) is 1.16. The van der Waals surface area contributed by atoms with Gasteiger partial charge in [0.25, 0.3) is 0 Å². The molecule has 0 saturated heterocycles. The normalized spacial score (nSPS) is 10.1. The standard InChI is InChI=1S/C10H19N3.ClH/c1-5-13-7-9(4)10(12-13)11-6-8(2)3;/h7-8H,5-6H2,1-4H3,(H,11,12);1H. The predicted molar refractivity (Wildman–Crippen MR) is 63.2 cm³/mol. The summed E-state index contributed by atoms with van der Waals surface area (Å²) in [6, 6.07) is 0. The maximum absolute atomic E-state index is 4.41. The third-order valence-corrected chi connectivity index (χ3v) is 1.95. The molecular formula is C10H20ClN3. The van der Waals surface area contributed by atoms with Gasteiger partial charge in [0, 0.05) is 24.8 Å². The average Bonchev–Trinajstić information content (AvgIpc) is 2.43. The molecule has 0 fully saturated rings. The Balaban J connectivity index is 0.00000169. The summed E-state index contributed by atoms with van der Waals surface area (Å²) in [6.07, 6.45) is 2.07. The van der Waals surface area contributed by atoms with Crippen LogP contribution in [-0.4, -0.2) is 16.3 Å². The highest BCUT2D eigenvalue weighted by atomic mass is 35.5. The summed E-state index contributed by atoms with van der Waals surface area (Å²) in [5.74, 6) is 1.68. The first-order chi connectivity index (χ1) is 6.13. The predicted octanol–water partition coefficient (Wildman–Crippen LogP) is 2.70. The van der Waals surface area contributed by atoms with Crippen LogP contribution in [0.2, 0.25) is 0 Å². The van der Waals surface area contributed by atoms with Crippen molar-refractivity contribution in [1.29, 1.82) is 0 Å². The molecular weight excluding hydrogens is 198 g/mol. The Morgan fingerprint density at radius 2 is 2.14 bits per heavy atom. The van der Waals surface area contributed by atoms with Crippen LogP contribution in [-0.2, 0) is 6.54 Å². The van der Waals surface area contributed by atoms with Gasteiger partial charge >= 0.3 is 0 Å². The van der Waals surface area contributed by atoms with Gasteiger partial charge in [0.05, 0.1) is 0 Å². The summed E-state index contributed by atoms with van der Waals surface area (Å²) >= 11 is 0. The molecule has 0 radical (unpaired) electrons. The van der Waals surface area contributed by atoms with E-state index in [1.807, 2.05) is 4.68 Å². The summed E-state index contributed by atoms with van der Waals surface area (Å²) in [5, 5.41) is 7.74. The van der Waals surface area contributed by atoms with E-state index in [1.165, 1.54) is 5.56 Å². The van der Waals surface area contributed by atoms with Crippen LogP contribution in [0.1, 0.15) is 26.3 Å². The Kier molecular flexibility index (Phi) is 5.62. The molecule has 4 heteroatoms. The molecule has 0 aliphatic carbocycles. The Labute approximate surface area is 92.3 Å². The lowest BCUT2D eigenvalue weighted by Gasteiger charge is -2.06. The molecule has 3 nitrogen and oxygen atoms in total. The van der Waals surface area contributed by atoms with Crippen LogP contribution in [0.5, 0.6) is 0 Å². The number of rotatable bonds is 4. The molecule has 0 spiro atoms. The van der Waals surface area contributed by atoms with E-state index >= 15 is 0 Å². The van der Waals surface area contributed by atoms with Crippen LogP contribution in [0, 0.1) is 12.8 Å². The van der Waals surface area contributed by atoms with Crippen LogP contribution in [0.25, 0.3) is 0 Å². The summed E-state index contributed by atoms with van der Waals surface area (Å²) in [5.41, 5.74) is 1.22. The van der Waals surface area contributed by atoms with Crippen molar-refractivity contribution < 1.29 is 0 Å². The molecule has 0 unspecified atom stereocenters. The number of aromatic nitrogens is 2. The van der Waals surface area contributed by atoms with Gasteiger partial charge in [-0.2, -0.15) is 5.10 Å². The van der Waals surface area contributed by atoms with E-state index in [0.29, 0.717) is 5.92 Å². The molecule has 1 aromatic heterocycles. The van der Waals surface area contributed by atoms with E-state index in [4.69, 9.17) is 0 Å². The monoisotopic (exact) mass is 217 g/mol. The minimum atomic E-state index is 0. The number of anilines is 1. The Hall–Kier alpha value is -0.700. The third kappa shape index (κ3) is 3.58. The van der Waals surface area contributed by atoms with Gasteiger partial charge in [-0.3, -0.25) is 4.68 Å². The first-order valence-electron chi connectivity index (χ1n) is 4.91. The Morgan fingerprint density at radius 1 is 1.50 bits per heavy atom. The second-order valence-electron chi connectivity index (χ2n) is 3.79. The number of hydrogen-bond acceptors (Lipinski definition) is 2. The Morgan fingerprint density at radius 3 is 2.57 bits per heavy atom. The number of aryl methyl sites for hydroxylation is 2. The number of nitrogens with one attached hydrogen (secondary N) is 1. The van der Waals surface area contributed by atoms with Gasteiger partial charge in [0.15, 0.2) is 5.82 Å². The van der Waals surface area contributed by atoms with Crippen molar-refractivity contribution in [2.45, 2.75) is 34.2 Å². The fraction of sp³-hybridized carbons (Fsp3) is 0.700. The largest absolute Gasteiger partial charge is 0.368 e. The molecule has 82 valence electrons. The molecule has 1 N–H and O–H groups in total. The minimum Gasteiger partial charge on any atom is -0.368 e. The van der Waals surface area contributed by atoms with E-state index in [1.54, 1.807) is 0 Å². The first-order valence-corrected chi connectivity index (χ1v) is 4.91. The van der Waals surface area contributed by atoms with Gasteiger partial charge < -0.3 is 5.32 Å². The van der Waals surface area contributed by atoms with Crippen LogP contribution in [0.15, 0.2) is 6.20 Å². The van der Waals surface area contributed by atoms with Crippen molar-refractivity contribution in [2.24, 2.45) is 5.92 Å². The highest BCUT2D eigenvalue weighted by Crippen LogP contribution is 2.11. The number of halogens is 1. The van der Waals surface area contributed by atoms with E-state index in [2.05, 4.69) is 44.3 Å². The molecule has 1 aromatic rings. The molecule has 0 amide bonds. The maximum Gasteiger partial charge on any atom is 0.150 e. The molecule has 0 atom stereocenters. The van der Waals surface area contributed by atoms with Crippen molar-refractivity contribution in [3.63, 3.8) is 0 Å². The molecule has 0 aromatic carbocycles. The third-order valence-electron chi connectivity index (χ3n) is 1.95. The van der Waals surface area contributed by atoms with Crippen molar-refractivity contribution in [3.05, 3.63) is 11.8 Å². The zero-order chi connectivity index (χ0) is 9.84. The van der Waals surface area contributed by atoms with Gasteiger partial charge in [-0.05, 0) is 19.8 Å². The smallest absolute Gasteiger partial charge is 0.150 e. The summed E-state index contributed by atoms with van der Waals surface area (Å²) in [4.78, 5) is 0. The van der Waals surface area contributed by atoms with Crippen LogP contribution < -0.4 is 5.32 Å². The summed E-state index contributed by atoms with van der Waals surface area (Å²) < 4.78 is 1.96. The van der Waals surface area contributed by atoms with Gasteiger partial charge in [0.1, 0.15) is 0 Å². The molecule has 1 rings (SSSR count). The second-order valence-corrected chi connectivity index (χ2v) is 3.79. The SMILES string of the molecule is CCn1cc(C)c(NCC(C)C)n1.Cl. The molecule has 0 aliphatic rings. The minimum absolute atomic E-state index is 0. The van der Waals surface area contributed by atoms with Crippen molar-refractivity contribution in [3.8, 4) is 0 Å². The lowest BCUT2D eigenvalue weighted by Crippen LogP contribution is -2.09. The highest BCUT2D eigenvalue weighted by molar-refractivity contribution is 5.85. The van der Waals surface area contributed by atoms with Gasteiger partial charge in [0.2, 0.25) is 0 Å². The van der Waals surface area contributed by atoms with E-state index in [0.717, 1.165) is 18.9 Å². The van der Waals surface area contributed by atoms with E-state index in [-0.39, 0.29) is 12.4 Å². The Bertz CT molecular complexity index is 268. The van der Waals surface area contributed by atoms with Crippen molar-refractivity contribution in [2.75, 3.05) is 11.9 Å². The van der Waals surface area contributed by atoms with Gasteiger partial charge in [-0.15, -0.1) is 12.4 Å². The van der Waals surface area contributed by atoms with Gasteiger partial charge in [-0.1, -0.05) is 13.8 Å². The summed E-state index contributed by atoms with van der Waals surface area (Å²) in [7, 11) is 0. The fourth-order valence-corrected chi connectivity index (χ4v) is 1.16. The molecule has 0 bridgehead atoms. The lowest BCUT2D eigenvalue weighted by atomic mass is 10.2. The maximum atomic E-state index is 4.41. The van der Waals surface area contributed by atoms with E-state index < -0.39 is 0 Å². The molecule has 0 saturated carbocycles. The molecule has 0 aliphatic heterocycles.